The molecule has 1 N–H and O–H groups in total. The number of nitriles is 1. The number of hydrogen-bond donors (Lipinski definition) is 1. The van der Waals surface area contributed by atoms with Crippen molar-refractivity contribution in [3.63, 3.8) is 0 Å². The van der Waals surface area contributed by atoms with Crippen LogP contribution in [0.15, 0.2) is 23.1 Å². The molecule has 0 saturated carbocycles. The monoisotopic (exact) mass is 302 g/mol. The SMILES string of the molecule is CN(CCC#N)S(=O)(=O)c1ccc(Cl)c(C(=O)O)c1. The predicted octanol–water partition coefficient (Wildman–Crippen LogP) is 1.57. The molecule has 0 heterocycles. The summed E-state index contributed by atoms with van der Waals surface area (Å²) in [4.78, 5) is 10.7. The fraction of sp³-hybridized carbons (Fsp3) is 0.273. The normalized spacial score (nSPS) is 11.3. The zero-order chi connectivity index (χ0) is 14.6. The molecule has 0 amide bonds. The fourth-order valence-electron chi connectivity index (χ4n) is 1.34. The van der Waals surface area contributed by atoms with Crippen LogP contribution in [0.5, 0.6) is 0 Å². The average molecular weight is 303 g/mol. The highest BCUT2D eigenvalue weighted by Gasteiger charge is 2.22. The lowest BCUT2D eigenvalue weighted by Crippen LogP contribution is -2.28. The summed E-state index contributed by atoms with van der Waals surface area (Å²) < 4.78 is 25.2. The number of nitrogens with zero attached hydrogens (tertiary/aromatic N) is 2. The minimum absolute atomic E-state index is 0.0316. The summed E-state index contributed by atoms with van der Waals surface area (Å²) in [6, 6.07) is 5.29. The Morgan fingerprint density at radius 2 is 2.16 bits per heavy atom. The molecule has 0 aromatic heterocycles. The highest BCUT2D eigenvalue weighted by Crippen LogP contribution is 2.22. The first-order valence-electron chi connectivity index (χ1n) is 5.17. The third-order valence-corrected chi connectivity index (χ3v) is 4.60. The second kappa shape index (κ2) is 6.02. The number of hydrogen-bond acceptors (Lipinski definition) is 4. The van der Waals surface area contributed by atoms with E-state index in [4.69, 9.17) is 22.0 Å². The lowest BCUT2D eigenvalue weighted by Gasteiger charge is -2.16. The van der Waals surface area contributed by atoms with Gasteiger partial charge in [-0.1, -0.05) is 11.6 Å². The van der Waals surface area contributed by atoms with Gasteiger partial charge in [0.25, 0.3) is 0 Å². The summed E-state index contributed by atoms with van der Waals surface area (Å²) in [5, 5.41) is 17.3. The smallest absolute Gasteiger partial charge is 0.337 e. The maximum Gasteiger partial charge on any atom is 0.337 e. The van der Waals surface area contributed by atoms with Gasteiger partial charge in [-0.15, -0.1) is 0 Å². The number of carboxylic acids is 1. The van der Waals surface area contributed by atoms with Crippen LogP contribution in [0.3, 0.4) is 0 Å². The van der Waals surface area contributed by atoms with Crippen molar-refractivity contribution in [2.24, 2.45) is 0 Å². The molecule has 0 saturated heterocycles. The van der Waals surface area contributed by atoms with Gasteiger partial charge in [-0.25, -0.2) is 13.2 Å². The van der Waals surface area contributed by atoms with Crippen LogP contribution in [0, 0.1) is 11.3 Å². The molecule has 0 fully saturated rings. The van der Waals surface area contributed by atoms with Gasteiger partial charge in [0.1, 0.15) is 0 Å². The average Bonchev–Trinajstić information content (AvgIpc) is 2.35. The summed E-state index contributed by atoms with van der Waals surface area (Å²) >= 11 is 5.67. The first-order chi connectivity index (χ1) is 8.80. The van der Waals surface area contributed by atoms with Gasteiger partial charge in [0, 0.05) is 20.0 Å². The summed E-state index contributed by atoms with van der Waals surface area (Å²) in [5.74, 6) is -1.30. The summed E-state index contributed by atoms with van der Waals surface area (Å²) in [5.41, 5.74) is -0.281. The highest BCUT2D eigenvalue weighted by molar-refractivity contribution is 7.89. The molecule has 0 unspecified atom stereocenters. The van der Waals surface area contributed by atoms with E-state index in [0.717, 1.165) is 10.4 Å². The lowest BCUT2D eigenvalue weighted by atomic mass is 10.2. The number of carboxylic acid groups (broad SMARTS) is 1. The van der Waals surface area contributed by atoms with Crippen molar-refractivity contribution in [1.82, 2.24) is 4.31 Å². The number of rotatable bonds is 5. The van der Waals surface area contributed by atoms with E-state index in [1.165, 1.54) is 19.2 Å². The van der Waals surface area contributed by atoms with Gasteiger partial charge in [0.2, 0.25) is 10.0 Å². The molecule has 0 atom stereocenters. The molecule has 8 heteroatoms. The molecule has 19 heavy (non-hydrogen) atoms. The van der Waals surface area contributed by atoms with E-state index < -0.39 is 16.0 Å². The predicted molar refractivity (Wildman–Crippen MR) is 68.5 cm³/mol. The van der Waals surface area contributed by atoms with Gasteiger partial charge in [-0.2, -0.15) is 9.57 Å². The maximum absolute atomic E-state index is 12.1. The Labute approximate surface area is 115 Å². The first kappa shape index (κ1) is 15.4. The Kier molecular flexibility index (Phi) is 4.89. The number of sulfonamides is 1. The van der Waals surface area contributed by atoms with Crippen LogP contribution in [0.1, 0.15) is 16.8 Å². The Balaban J connectivity index is 3.19. The Bertz CT molecular complexity index is 637. The van der Waals surface area contributed by atoms with E-state index in [1.807, 2.05) is 6.07 Å². The minimum atomic E-state index is -3.82. The molecule has 1 rings (SSSR count). The van der Waals surface area contributed by atoms with Crippen molar-refractivity contribution >= 4 is 27.6 Å². The number of aromatic carboxylic acids is 1. The van der Waals surface area contributed by atoms with Gasteiger partial charge >= 0.3 is 5.97 Å². The van der Waals surface area contributed by atoms with Crippen molar-refractivity contribution in [2.75, 3.05) is 13.6 Å². The quantitative estimate of drug-likeness (QED) is 0.890. The molecule has 0 aliphatic heterocycles. The van der Waals surface area contributed by atoms with Crippen molar-refractivity contribution in [3.05, 3.63) is 28.8 Å². The Morgan fingerprint density at radius 3 is 2.68 bits per heavy atom. The minimum Gasteiger partial charge on any atom is -0.478 e. The summed E-state index contributed by atoms with van der Waals surface area (Å²) in [6.07, 6.45) is 0.0507. The zero-order valence-corrected chi connectivity index (χ0v) is 11.6. The van der Waals surface area contributed by atoms with Crippen LogP contribution in [-0.2, 0) is 10.0 Å². The molecular formula is C11H11ClN2O4S. The van der Waals surface area contributed by atoms with Gasteiger partial charge in [0.05, 0.1) is 21.6 Å². The van der Waals surface area contributed by atoms with Crippen LogP contribution in [0.4, 0.5) is 0 Å². The van der Waals surface area contributed by atoms with Crippen LogP contribution in [0.2, 0.25) is 5.02 Å². The van der Waals surface area contributed by atoms with Gasteiger partial charge < -0.3 is 5.11 Å². The molecule has 0 bridgehead atoms. The van der Waals surface area contributed by atoms with Crippen molar-refractivity contribution in [1.29, 1.82) is 5.26 Å². The maximum atomic E-state index is 12.1. The Hall–Kier alpha value is -1.62. The molecule has 6 nitrogen and oxygen atoms in total. The van der Waals surface area contributed by atoms with Crippen LogP contribution in [0.25, 0.3) is 0 Å². The molecule has 0 aliphatic rings. The number of benzene rings is 1. The van der Waals surface area contributed by atoms with Crippen molar-refractivity contribution in [2.45, 2.75) is 11.3 Å². The number of halogens is 1. The van der Waals surface area contributed by atoms with E-state index in [9.17, 15) is 13.2 Å². The lowest BCUT2D eigenvalue weighted by molar-refractivity contribution is 0.0697. The summed E-state index contributed by atoms with van der Waals surface area (Å²) in [7, 11) is -2.50. The number of carbonyl (C=O) groups is 1. The van der Waals surface area contributed by atoms with Gasteiger partial charge in [0.15, 0.2) is 0 Å². The highest BCUT2D eigenvalue weighted by atomic mass is 35.5. The van der Waals surface area contributed by atoms with Gasteiger partial charge in [-0.3, -0.25) is 0 Å². The topological polar surface area (TPSA) is 98.5 Å². The largest absolute Gasteiger partial charge is 0.478 e. The van der Waals surface area contributed by atoms with Crippen LogP contribution in [-0.4, -0.2) is 37.4 Å². The third-order valence-electron chi connectivity index (χ3n) is 2.41. The third kappa shape index (κ3) is 3.44. The van der Waals surface area contributed by atoms with E-state index in [-0.39, 0.29) is 28.4 Å². The molecule has 1 aromatic rings. The second-order valence-corrected chi connectivity index (χ2v) is 6.13. The second-order valence-electron chi connectivity index (χ2n) is 3.68. The molecule has 102 valence electrons. The zero-order valence-electron chi connectivity index (χ0n) is 10.00. The standard InChI is InChI=1S/C11H11ClN2O4S/c1-14(6-2-5-13)19(17,18)8-3-4-10(12)9(7-8)11(15)16/h3-4,7H,2,6H2,1H3,(H,15,16). The van der Waals surface area contributed by atoms with Gasteiger partial charge in [-0.05, 0) is 18.2 Å². The van der Waals surface area contributed by atoms with Crippen LogP contribution < -0.4 is 0 Å². The van der Waals surface area contributed by atoms with E-state index in [0.29, 0.717) is 0 Å². The van der Waals surface area contributed by atoms with Crippen molar-refractivity contribution in [3.8, 4) is 6.07 Å². The van der Waals surface area contributed by atoms with E-state index in [1.54, 1.807) is 0 Å². The fourth-order valence-corrected chi connectivity index (χ4v) is 2.73. The summed E-state index contributed by atoms with van der Waals surface area (Å²) in [6.45, 7) is 0.0316. The molecule has 0 radical (unpaired) electrons. The van der Waals surface area contributed by atoms with E-state index in [2.05, 4.69) is 0 Å². The van der Waals surface area contributed by atoms with Crippen molar-refractivity contribution < 1.29 is 18.3 Å². The molecule has 0 spiro atoms. The molecule has 1 aromatic carbocycles. The first-order valence-corrected chi connectivity index (χ1v) is 6.98. The van der Waals surface area contributed by atoms with Crippen LogP contribution >= 0.6 is 11.6 Å². The molecular weight excluding hydrogens is 292 g/mol. The Morgan fingerprint density at radius 1 is 1.53 bits per heavy atom. The van der Waals surface area contributed by atoms with E-state index >= 15 is 0 Å². The molecule has 0 aliphatic carbocycles.